The SMILES string of the molecule is CCc1nocc1C(=O)N[C@H](C(=O)Nc1ccc(-c2c(C)n[nH]c2C)nc1)[C@H]1CC[C@H](C)CC1. The summed E-state index contributed by atoms with van der Waals surface area (Å²) in [6, 6.07) is 3.03. The number of pyridine rings is 1. The van der Waals surface area contributed by atoms with Crippen LogP contribution in [0.5, 0.6) is 0 Å². The number of hydrogen-bond acceptors (Lipinski definition) is 6. The Morgan fingerprint density at radius 2 is 1.97 bits per heavy atom. The third-order valence-electron chi connectivity index (χ3n) is 6.74. The summed E-state index contributed by atoms with van der Waals surface area (Å²) in [4.78, 5) is 30.9. The van der Waals surface area contributed by atoms with Crippen LogP contribution < -0.4 is 10.6 Å². The van der Waals surface area contributed by atoms with Crippen molar-refractivity contribution in [1.29, 1.82) is 0 Å². The van der Waals surface area contributed by atoms with Crippen molar-refractivity contribution in [3.63, 3.8) is 0 Å². The molecule has 0 aliphatic heterocycles. The first-order valence-electron chi connectivity index (χ1n) is 11.9. The molecule has 3 aromatic heterocycles. The van der Waals surface area contributed by atoms with E-state index in [1.165, 1.54) is 6.26 Å². The average Bonchev–Trinajstić information content (AvgIpc) is 3.45. The predicted octanol–water partition coefficient (Wildman–Crippen LogP) is 4.20. The molecule has 9 heteroatoms. The number of H-pyrrole nitrogens is 1. The normalized spacial score (nSPS) is 18.9. The number of aromatic amines is 1. The smallest absolute Gasteiger partial charge is 0.257 e. The van der Waals surface area contributed by atoms with E-state index in [1.807, 2.05) is 32.9 Å². The van der Waals surface area contributed by atoms with E-state index in [9.17, 15) is 9.59 Å². The van der Waals surface area contributed by atoms with Crippen LogP contribution in [0.4, 0.5) is 5.69 Å². The molecular weight excluding hydrogens is 432 g/mol. The van der Waals surface area contributed by atoms with E-state index < -0.39 is 6.04 Å². The Morgan fingerprint density at radius 1 is 1.21 bits per heavy atom. The molecule has 2 amide bonds. The number of amides is 2. The highest BCUT2D eigenvalue weighted by molar-refractivity contribution is 6.01. The Bertz CT molecular complexity index is 1120. The molecule has 0 unspecified atom stereocenters. The number of aryl methyl sites for hydroxylation is 3. The summed E-state index contributed by atoms with van der Waals surface area (Å²) >= 11 is 0. The summed E-state index contributed by atoms with van der Waals surface area (Å²) in [5, 5.41) is 17.0. The molecule has 0 spiro atoms. The summed E-state index contributed by atoms with van der Waals surface area (Å²) in [6.45, 7) is 8.01. The van der Waals surface area contributed by atoms with Gasteiger partial charge in [0.2, 0.25) is 5.91 Å². The van der Waals surface area contributed by atoms with Gasteiger partial charge in [-0.1, -0.05) is 31.8 Å². The van der Waals surface area contributed by atoms with Crippen molar-refractivity contribution in [1.82, 2.24) is 25.7 Å². The van der Waals surface area contributed by atoms with Crippen LogP contribution in [-0.2, 0) is 11.2 Å². The fourth-order valence-electron chi connectivity index (χ4n) is 4.70. The van der Waals surface area contributed by atoms with Crippen LogP contribution in [0.2, 0.25) is 0 Å². The number of rotatable bonds is 7. The quantitative estimate of drug-likeness (QED) is 0.481. The van der Waals surface area contributed by atoms with Gasteiger partial charge in [0.1, 0.15) is 17.9 Å². The zero-order valence-corrected chi connectivity index (χ0v) is 20.1. The number of carbonyl (C=O) groups excluding carboxylic acids is 2. The van der Waals surface area contributed by atoms with E-state index in [0.717, 1.165) is 48.3 Å². The molecule has 0 aromatic carbocycles. The van der Waals surface area contributed by atoms with Crippen molar-refractivity contribution >= 4 is 17.5 Å². The zero-order chi connectivity index (χ0) is 24.2. The highest BCUT2D eigenvalue weighted by Gasteiger charge is 2.33. The van der Waals surface area contributed by atoms with Crippen LogP contribution in [0.25, 0.3) is 11.3 Å². The van der Waals surface area contributed by atoms with Crippen LogP contribution in [-0.4, -0.2) is 38.2 Å². The minimum atomic E-state index is -0.655. The molecule has 1 aliphatic rings. The van der Waals surface area contributed by atoms with Gasteiger partial charge in [-0.05, 0) is 57.1 Å². The molecule has 34 heavy (non-hydrogen) atoms. The topological polar surface area (TPSA) is 126 Å². The first-order chi connectivity index (χ1) is 16.4. The van der Waals surface area contributed by atoms with E-state index in [2.05, 4.69) is 37.9 Å². The minimum absolute atomic E-state index is 0.0635. The number of carbonyl (C=O) groups is 2. The Balaban J connectivity index is 1.51. The van der Waals surface area contributed by atoms with Gasteiger partial charge in [-0.15, -0.1) is 0 Å². The Morgan fingerprint density at radius 3 is 2.59 bits per heavy atom. The van der Waals surface area contributed by atoms with Gasteiger partial charge in [0.15, 0.2) is 0 Å². The Hall–Kier alpha value is -3.49. The first-order valence-corrected chi connectivity index (χ1v) is 11.9. The number of nitrogens with zero attached hydrogens (tertiary/aromatic N) is 3. The maximum atomic E-state index is 13.4. The van der Waals surface area contributed by atoms with Gasteiger partial charge >= 0.3 is 0 Å². The summed E-state index contributed by atoms with van der Waals surface area (Å²) < 4.78 is 4.99. The Kier molecular flexibility index (Phi) is 7.09. The molecule has 0 saturated heterocycles. The van der Waals surface area contributed by atoms with Crippen LogP contribution >= 0.6 is 0 Å². The van der Waals surface area contributed by atoms with Crippen molar-refractivity contribution < 1.29 is 14.1 Å². The average molecular weight is 465 g/mol. The highest BCUT2D eigenvalue weighted by atomic mass is 16.5. The second-order valence-electron chi connectivity index (χ2n) is 9.23. The molecule has 1 aliphatic carbocycles. The maximum absolute atomic E-state index is 13.4. The molecule has 9 nitrogen and oxygen atoms in total. The fourth-order valence-corrected chi connectivity index (χ4v) is 4.70. The third-order valence-corrected chi connectivity index (χ3v) is 6.74. The molecule has 1 saturated carbocycles. The second kappa shape index (κ2) is 10.2. The Labute approximate surface area is 199 Å². The van der Waals surface area contributed by atoms with E-state index in [0.29, 0.717) is 29.3 Å². The van der Waals surface area contributed by atoms with Crippen LogP contribution in [0, 0.1) is 25.7 Å². The van der Waals surface area contributed by atoms with Gasteiger partial charge in [0.05, 0.1) is 29.0 Å². The lowest BCUT2D eigenvalue weighted by atomic mass is 9.79. The van der Waals surface area contributed by atoms with Gasteiger partial charge in [0.25, 0.3) is 5.91 Å². The van der Waals surface area contributed by atoms with Crippen LogP contribution in [0.3, 0.4) is 0 Å². The lowest BCUT2D eigenvalue weighted by molar-refractivity contribution is -0.119. The zero-order valence-electron chi connectivity index (χ0n) is 20.1. The molecule has 3 N–H and O–H groups in total. The molecule has 0 bridgehead atoms. The first kappa shape index (κ1) is 23.7. The monoisotopic (exact) mass is 464 g/mol. The number of hydrogen-bond donors (Lipinski definition) is 3. The van der Waals surface area contributed by atoms with Crippen molar-refractivity contribution in [2.75, 3.05) is 5.32 Å². The van der Waals surface area contributed by atoms with E-state index >= 15 is 0 Å². The van der Waals surface area contributed by atoms with Crippen molar-refractivity contribution in [3.8, 4) is 11.3 Å². The number of anilines is 1. The summed E-state index contributed by atoms with van der Waals surface area (Å²) in [7, 11) is 0. The van der Waals surface area contributed by atoms with Crippen molar-refractivity contribution in [2.45, 2.75) is 65.8 Å². The number of nitrogens with one attached hydrogen (secondary N) is 3. The van der Waals surface area contributed by atoms with Crippen molar-refractivity contribution in [2.24, 2.45) is 11.8 Å². The summed E-state index contributed by atoms with van der Waals surface area (Å²) in [5.41, 5.74) is 5.09. The molecule has 180 valence electrons. The molecule has 1 atom stereocenters. The van der Waals surface area contributed by atoms with E-state index in [1.54, 1.807) is 6.20 Å². The van der Waals surface area contributed by atoms with Gasteiger partial charge in [-0.3, -0.25) is 19.7 Å². The lowest BCUT2D eigenvalue weighted by Gasteiger charge is -2.32. The van der Waals surface area contributed by atoms with Gasteiger partial charge in [0, 0.05) is 11.3 Å². The third kappa shape index (κ3) is 5.03. The standard InChI is InChI=1S/C25H32N6O3/c1-5-20-19(13-34-31-20)24(32)28-23(17-8-6-14(2)7-9-17)25(33)27-18-10-11-21(26-12-18)22-15(3)29-30-16(22)4/h10-14,17,23H,5-9H2,1-4H3,(H,27,33)(H,28,32)(H,29,30)/t14-,17-,23-/m0/s1. The molecule has 4 rings (SSSR count). The molecule has 1 fully saturated rings. The molecular formula is C25H32N6O3. The van der Waals surface area contributed by atoms with Crippen molar-refractivity contribution in [3.05, 3.63) is 47.2 Å². The van der Waals surface area contributed by atoms with E-state index in [-0.39, 0.29) is 17.7 Å². The fraction of sp³-hybridized carbons (Fsp3) is 0.480. The maximum Gasteiger partial charge on any atom is 0.257 e. The van der Waals surface area contributed by atoms with Gasteiger partial charge < -0.3 is 15.2 Å². The largest absolute Gasteiger partial charge is 0.364 e. The highest BCUT2D eigenvalue weighted by Crippen LogP contribution is 2.31. The van der Waals surface area contributed by atoms with Gasteiger partial charge in [-0.2, -0.15) is 5.10 Å². The second-order valence-corrected chi connectivity index (χ2v) is 9.23. The minimum Gasteiger partial charge on any atom is -0.364 e. The van der Waals surface area contributed by atoms with E-state index in [4.69, 9.17) is 4.52 Å². The van der Waals surface area contributed by atoms with Crippen LogP contribution in [0.1, 0.15) is 67.0 Å². The lowest BCUT2D eigenvalue weighted by Crippen LogP contribution is -2.49. The summed E-state index contributed by atoms with van der Waals surface area (Å²) in [6.07, 6.45) is 7.41. The molecule has 3 heterocycles. The molecule has 0 radical (unpaired) electrons. The summed E-state index contributed by atoms with van der Waals surface area (Å²) in [5.74, 6) is 0.115. The van der Waals surface area contributed by atoms with Crippen LogP contribution in [0.15, 0.2) is 29.1 Å². The number of aromatic nitrogens is 4. The van der Waals surface area contributed by atoms with Gasteiger partial charge in [-0.25, -0.2) is 0 Å². The molecule has 3 aromatic rings. The predicted molar refractivity (Wildman–Crippen MR) is 128 cm³/mol.